The van der Waals surface area contributed by atoms with Crippen LogP contribution in [0.15, 0.2) is 53.6 Å². The fourth-order valence-electron chi connectivity index (χ4n) is 4.48. The van der Waals surface area contributed by atoms with Crippen LogP contribution in [0.2, 0.25) is 10.0 Å². The molecule has 2 heterocycles. The van der Waals surface area contributed by atoms with Crippen molar-refractivity contribution in [3.8, 4) is 12.1 Å². The molecule has 1 saturated heterocycles. The molecular weight excluding hydrogens is 569 g/mol. The summed E-state index contributed by atoms with van der Waals surface area (Å²) >= 11 is 13.2. The zero-order valence-corrected chi connectivity index (χ0v) is 23.1. The molecule has 198 valence electrons. The predicted molar refractivity (Wildman–Crippen MR) is 153 cm³/mol. The van der Waals surface area contributed by atoms with Crippen molar-refractivity contribution in [2.75, 3.05) is 10.6 Å². The Morgan fingerprint density at radius 3 is 2.42 bits per heavy atom. The van der Waals surface area contributed by atoms with Crippen LogP contribution in [0.3, 0.4) is 0 Å². The highest BCUT2D eigenvalue weighted by Gasteiger charge is 2.42. The zero-order chi connectivity index (χ0) is 28.6. The number of carbonyl (C=O) groups excluding carboxylic acids is 3. The van der Waals surface area contributed by atoms with Crippen molar-refractivity contribution < 1.29 is 14.4 Å². The SMILES string of the molecule is N#Cc1c(N)nc(S[C@@H]2CC(=O)N(c3ccc(C(=O)/C=C/c4cccc(Cl)c4Cl)cc3)C2=O)c(C#N)c1C1CC1. The van der Waals surface area contributed by atoms with E-state index in [1.165, 1.54) is 30.3 Å². The van der Waals surface area contributed by atoms with Crippen molar-refractivity contribution in [1.82, 2.24) is 4.98 Å². The molecule has 0 bridgehead atoms. The molecule has 2 aliphatic rings. The second-order valence-electron chi connectivity index (χ2n) is 9.23. The highest BCUT2D eigenvalue weighted by atomic mass is 35.5. The van der Waals surface area contributed by atoms with Crippen LogP contribution in [0.4, 0.5) is 11.5 Å². The van der Waals surface area contributed by atoms with Gasteiger partial charge in [0.15, 0.2) is 5.78 Å². The molecule has 2 aromatic carbocycles. The maximum Gasteiger partial charge on any atom is 0.247 e. The van der Waals surface area contributed by atoms with E-state index in [2.05, 4.69) is 11.1 Å². The zero-order valence-electron chi connectivity index (χ0n) is 20.7. The summed E-state index contributed by atoms with van der Waals surface area (Å²) in [6.07, 6.45) is 4.51. The van der Waals surface area contributed by atoms with Gasteiger partial charge in [-0.25, -0.2) is 9.88 Å². The Balaban J connectivity index is 1.34. The number of nitrogen functional groups attached to an aromatic ring is 1. The van der Waals surface area contributed by atoms with E-state index >= 15 is 0 Å². The number of anilines is 2. The minimum atomic E-state index is -0.821. The quantitative estimate of drug-likeness (QED) is 0.204. The van der Waals surface area contributed by atoms with Gasteiger partial charge in [0.2, 0.25) is 11.8 Å². The lowest BCUT2D eigenvalue weighted by atomic mass is 10.0. The number of imide groups is 1. The van der Waals surface area contributed by atoms with Gasteiger partial charge in [-0.1, -0.05) is 47.1 Å². The maximum atomic E-state index is 13.3. The third-order valence-corrected chi connectivity index (χ3v) is 8.61. The number of thioether (sulfide) groups is 1. The molecule has 0 spiro atoms. The van der Waals surface area contributed by atoms with Crippen molar-refractivity contribution in [3.05, 3.63) is 86.4 Å². The minimum absolute atomic E-state index is 0.00599. The fraction of sp³-hybridized carbons (Fsp3) is 0.172. The van der Waals surface area contributed by atoms with Crippen molar-refractivity contribution in [2.45, 2.75) is 35.5 Å². The van der Waals surface area contributed by atoms with E-state index < -0.39 is 17.1 Å². The number of pyridine rings is 1. The Morgan fingerprint density at radius 1 is 1.07 bits per heavy atom. The number of allylic oxidation sites excluding steroid dienone is 1. The molecule has 2 amide bonds. The Hall–Kier alpha value is -4.15. The van der Waals surface area contributed by atoms with Gasteiger partial charge in [-0.05, 0) is 72.4 Å². The van der Waals surface area contributed by atoms with Crippen molar-refractivity contribution in [1.29, 1.82) is 10.5 Å². The molecular formula is C29H19Cl2N5O3S. The molecule has 5 rings (SSSR count). The van der Waals surface area contributed by atoms with Crippen LogP contribution in [0.25, 0.3) is 6.08 Å². The number of nitriles is 2. The maximum absolute atomic E-state index is 13.3. The van der Waals surface area contributed by atoms with Crippen LogP contribution < -0.4 is 10.6 Å². The molecule has 0 unspecified atom stereocenters. The summed E-state index contributed by atoms with van der Waals surface area (Å²) in [5, 5.41) is 19.5. The number of hydrogen-bond acceptors (Lipinski definition) is 8. The standard InChI is InChI=1S/C29H19Cl2N5O3S/c30-21-3-1-2-17(26(21)31)8-11-22(37)15-6-9-18(10-7-15)36-24(38)12-23(29(36)39)40-28-20(14-33)25(16-4-5-16)19(13-32)27(34)35-28/h1-3,6-11,16,23H,4-5,12H2,(H2,34,35)/b11-8+/t23-/m1/s1. The Bertz CT molecular complexity index is 1690. The average Bonchev–Trinajstić information content (AvgIpc) is 3.74. The first-order valence-corrected chi connectivity index (χ1v) is 13.8. The molecule has 1 aromatic heterocycles. The molecule has 0 radical (unpaired) electrons. The molecule has 8 nitrogen and oxygen atoms in total. The van der Waals surface area contributed by atoms with Crippen molar-refractivity contribution in [2.24, 2.45) is 0 Å². The van der Waals surface area contributed by atoms with Gasteiger partial charge in [-0.2, -0.15) is 10.5 Å². The van der Waals surface area contributed by atoms with Crippen LogP contribution >= 0.6 is 35.0 Å². The molecule has 1 aliphatic heterocycles. The fourth-order valence-corrected chi connectivity index (χ4v) is 5.98. The third-order valence-electron chi connectivity index (χ3n) is 6.60. The number of halogens is 2. The summed E-state index contributed by atoms with van der Waals surface area (Å²) in [6, 6.07) is 15.4. The average molecular weight is 588 g/mol. The van der Waals surface area contributed by atoms with Crippen LogP contribution in [-0.2, 0) is 9.59 Å². The van der Waals surface area contributed by atoms with Gasteiger partial charge < -0.3 is 5.73 Å². The molecule has 3 aromatic rings. The molecule has 40 heavy (non-hydrogen) atoms. The Morgan fingerprint density at radius 2 is 1.77 bits per heavy atom. The van der Waals surface area contributed by atoms with E-state index in [0.29, 0.717) is 32.4 Å². The third kappa shape index (κ3) is 5.20. The van der Waals surface area contributed by atoms with E-state index in [1.54, 1.807) is 24.3 Å². The summed E-state index contributed by atoms with van der Waals surface area (Å²) in [7, 11) is 0. The second-order valence-corrected chi connectivity index (χ2v) is 11.2. The van der Waals surface area contributed by atoms with E-state index in [1.807, 2.05) is 6.07 Å². The highest BCUT2D eigenvalue weighted by Crippen LogP contribution is 2.47. The van der Waals surface area contributed by atoms with Gasteiger partial charge in [0.1, 0.15) is 23.0 Å². The van der Waals surface area contributed by atoms with Crippen molar-refractivity contribution in [3.63, 3.8) is 0 Å². The minimum Gasteiger partial charge on any atom is -0.383 e. The molecule has 2 fully saturated rings. The van der Waals surface area contributed by atoms with Gasteiger partial charge in [-0.3, -0.25) is 14.4 Å². The summed E-state index contributed by atoms with van der Waals surface area (Å²) in [5.74, 6) is -1.11. The summed E-state index contributed by atoms with van der Waals surface area (Å²) < 4.78 is 0. The van der Waals surface area contributed by atoms with Gasteiger partial charge in [0, 0.05) is 12.0 Å². The smallest absolute Gasteiger partial charge is 0.247 e. The van der Waals surface area contributed by atoms with Gasteiger partial charge in [0.05, 0.1) is 32.1 Å². The van der Waals surface area contributed by atoms with Crippen molar-refractivity contribution >= 4 is 70.1 Å². The lowest BCUT2D eigenvalue weighted by molar-refractivity contribution is -0.121. The number of amides is 2. The first kappa shape index (κ1) is 27.4. The Labute approximate surface area is 244 Å². The number of aromatic nitrogens is 1. The van der Waals surface area contributed by atoms with Gasteiger partial charge in [0.25, 0.3) is 0 Å². The molecule has 1 atom stereocenters. The predicted octanol–water partition coefficient (Wildman–Crippen LogP) is 5.91. The summed E-state index contributed by atoms with van der Waals surface area (Å²) in [4.78, 5) is 44.1. The number of carbonyl (C=O) groups is 3. The van der Waals surface area contributed by atoms with Gasteiger partial charge >= 0.3 is 0 Å². The molecule has 1 aliphatic carbocycles. The lowest BCUT2D eigenvalue weighted by Gasteiger charge is -2.16. The number of nitrogens with two attached hydrogens (primary N) is 1. The topological polar surface area (TPSA) is 141 Å². The number of nitrogens with zero attached hydrogens (tertiary/aromatic N) is 4. The number of hydrogen-bond donors (Lipinski definition) is 1. The van der Waals surface area contributed by atoms with E-state index in [4.69, 9.17) is 28.9 Å². The van der Waals surface area contributed by atoms with E-state index in [9.17, 15) is 24.9 Å². The molecule has 11 heteroatoms. The Kier molecular flexibility index (Phi) is 7.64. The first-order valence-electron chi connectivity index (χ1n) is 12.2. The van der Waals surface area contributed by atoms with E-state index in [-0.39, 0.29) is 40.1 Å². The largest absolute Gasteiger partial charge is 0.383 e. The van der Waals surface area contributed by atoms with Crippen LogP contribution in [0, 0.1) is 22.7 Å². The summed E-state index contributed by atoms with van der Waals surface area (Å²) in [6.45, 7) is 0. The molecule has 2 N–H and O–H groups in total. The summed E-state index contributed by atoms with van der Waals surface area (Å²) in [5.41, 5.74) is 8.28. The van der Waals surface area contributed by atoms with Crippen LogP contribution in [0.5, 0.6) is 0 Å². The molecule has 1 saturated carbocycles. The van der Waals surface area contributed by atoms with Crippen LogP contribution in [-0.4, -0.2) is 27.8 Å². The lowest BCUT2D eigenvalue weighted by Crippen LogP contribution is -2.31. The highest BCUT2D eigenvalue weighted by molar-refractivity contribution is 8.00. The van der Waals surface area contributed by atoms with Crippen LogP contribution in [0.1, 0.15) is 57.8 Å². The number of benzene rings is 2. The number of rotatable bonds is 7. The number of ketones is 1. The monoisotopic (exact) mass is 587 g/mol. The normalized spacial score (nSPS) is 16.8. The van der Waals surface area contributed by atoms with Gasteiger partial charge in [-0.15, -0.1) is 0 Å². The first-order chi connectivity index (χ1) is 19.2. The van der Waals surface area contributed by atoms with E-state index in [0.717, 1.165) is 29.5 Å². The second kappa shape index (κ2) is 11.1.